The molecule has 0 spiro atoms. The minimum atomic E-state index is 0.0615. The fourth-order valence-electron chi connectivity index (χ4n) is 12.5. The van der Waals surface area contributed by atoms with Crippen molar-refractivity contribution < 1.29 is 23.8 Å². The average molecular weight is 1130 g/mol. The Morgan fingerprint density at radius 3 is 1.48 bits per heavy atom. The number of hydrogen-bond donors (Lipinski definition) is 2. The number of amides is 2. The standard InChI is InChI=1S/C34H38N6O3.C33H38N6O2/c1-38(26-16-19-42-21-26)17-5-8-29(41)39-18-15-25(20-39)40-32(24-9-10-24)30(31-33(35)36-22-37-34(31)40)23-11-13-28(14-12-23)43-27-6-3-2-4-7-27;1-3-18-37(2)19-7-10-28(40)38-20-17-25(21-38)39-31(24-11-12-24)29(30-32(34)35-22-36-33(30)39)23-13-15-27(16-14-23)41-26-8-5-4-6-9-26/h2-8,11-14,22,24-26H,9-10,15-21H2,1H3,(H2,35,36,37);4-10,13-16,22,24-25H,3,11-12,17-21H2,1-2H3,(H2,34,35,36)/b8-5+;10-7+/t25-,26-;25-/m11/s1. The Labute approximate surface area is 491 Å². The monoisotopic (exact) mass is 1130 g/mol. The summed E-state index contributed by atoms with van der Waals surface area (Å²) in [5.41, 5.74) is 21.7. The Morgan fingerprint density at radius 1 is 0.595 bits per heavy atom. The Kier molecular flexibility index (Phi) is 16.9. The maximum Gasteiger partial charge on any atom is 0.246 e. The van der Waals surface area contributed by atoms with Crippen LogP contribution in [0.15, 0.2) is 146 Å². The van der Waals surface area contributed by atoms with Gasteiger partial charge >= 0.3 is 0 Å². The molecule has 0 unspecified atom stereocenters. The molecule has 5 aliphatic rings. The van der Waals surface area contributed by atoms with Crippen molar-refractivity contribution in [1.29, 1.82) is 0 Å². The van der Waals surface area contributed by atoms with Gasteiger partial charge in [0.1, 0.15) is 58.6 Å². The minimum Gasteiger partial charge on any atom is -0.457 e. The first-order valence-corrected chi connectivity index (χ1v) is 29.9. The van der Waals surface area contributed by atoms with Crippen LogP contribution in [0.5, 0.6) is 23.0 Å². The van der Waals surface area contributed by atoms with Crippen LogP contribution in [0, 0.1) is 0 Å². The maximum absolute atomic E-state index is 13.2. The van der Waals surface area contributed by atoms with Gasteiger partial charge in [0.15, 0.2) is 0 Å². The highest BCUT2D eigenvalue weighted by molar-refractivity contribution is 6.04. The number of fused-ring (bicyclic) bond motifs is 2. The van der Waals surface area contributed by atoms with Crippen LogP contribution in [-0.4, -0.2) is 140 Å². The first kappa shape index (κ1) is 56.1. The second kappa shape index (κ2) is 25.2. The Hall–Kier alpha value is -8.38. The SMILES string of the molecule is CCCN(C)C/C=C/C(=O)N1CC[C@@H](n2c(C3CC3)c(-c3ccc(Oc4ccccc4)cc3)c3c(N)ncnc32)C1.CN(C/C=C/C(=O)N1CC[C@@H](n2c(C3CC3)c(-c3ccc(Oc4ccccc4)cc3)c3c(N)ncnc32)C1)[C@@H]1CCOC1. The van der Waals surface area contributed by atoms with Gasteiger partial charge in [-0.15, -0.1) is 0 Å². The summed E-state index contributed by atoms with van der Waals surface area (Å²) >= 11 is 0. The number of anilines is 2. The lowest BCUT2D eigenvalue weighted by molar-refractivity contribution is -0.125. The number of para-hydroxylation sites is 2. The second-order valence-corrected chi connectivity index (χ2v) is 23.1. The lowest BCUT2D eigenvalue weighted by atomic mass is 10.0. The number of rotatable bonds is 19. The Balaban J connectivity index is 0.000000166. The van der Waals surface area contributed by atoms with Gasteiger partial charge in [-0.1, -0.05) is 79.7 Å². The van der Waals surface area contributed by atoms with Gasteiger partial charge in [-0.05, 0) is 144 Å². The molecule has 0 bridgehead atoms. The minimum absolute atomic E-state index is 0.0615. The van der Waals surface area contributed by atoms with Crippen LogP contribution in [-0.2, 0) is 14.3 Å². The molecule has 2 saturated carbocycles. The molecule has 4 N–H and O–H groups in total. The van der Waals surface area contributed by atoms with Crippen molar-refractivity contribution in [3.05, 3.63) is 158 Å². The van der Waals surface area contributed by atoms with E-state index in [0.29, 0.717) is 49.1 Å². The van der Waals surface area contributed by atoms with Crippen molar-refractivity contribution in [2.45, 2.75) is 88.3 Å². The van der Waals surface area contributed by atoms with E-state index in [4.69, 9.17) is 35.6 Å². The van der Waals surface area contributed by atoms with Gasteiger partial charge in [0, 0.05) is 86.6 Å². The molecule has 3 atom stereocenters. The number of benzene rings is 4. The van der Waals surface area contributed by atoms with Gasteiger partial charge in [0.05, 0.1) is 29.5 Å². The molecule has 17 nitrogen and oxygen atoms in total. The number of likely N-dealkylation sites (N-methyl/N-ethyl adjacent to an activating group) is 2. The van der Waals surface area contributed by atoms with E-state index in [1.165, 1.54) is 11.4 Å². The van der Waals surface area contributed by atoms with Crippen LogP contribution in [0.2, 0.25) is 0 Å². The van der Waals surface area contributed by atoms with Crippen LogP contribution in [0.3, 0.4) is 0 Å². The molecule has 0 radical (unpaired) electrons. The van der Waals surface area contributed by atoms with Crippen molar-refractivity contribution in [2.75, 3.05) is 84.6 Å². The fraction of sp³-hybridized carbons (Fsp3) is 0.373. The first-order chi connectivity index (χ1) is 41.1. The van der Waals surface area contributed by atoms with Crippen LogP contribution in [0.4, 0.5) is 11.6 Å². The summed E-state index contributed by atoms with van der Waals surface area (Å²) in [6.45, 7) is 9.02. The number of aromatic nitrogens is 6. The van der Waals surface area contributed by atoms with Crippen LogP contribution in [0.1, 0.15) is 93.6 Å². The van der Waals surface area contributed by atoms with Crippen LogP contribution < -0.4 is 20.9 Å². The zero-order valence-electron chi connectivity index (χ0n) is 48.4. The van der Waals surface area contributed by atoms with E-state index in [-0.39, 0.29) is 23.9 Å². The predicted octanol–water partition coefficient (Wildman–Crippen LogP) is 11.4. The predicted molar refractivity (Wildman–Crippen MR) is 330 cm³/mol. The van der Waals surface area contributed by atoms with Crippen LogP contribution in [0.25, 0.3) is 44.3 Å². The van der Waals surface area contributed by atoms with E-state index < -0.39 is 0 Å². The molecule has 13 rings (SSSR count). The molecule has 8 aromatic rings. The zero-order valence-corrected chi connectivity index (χ0v) is 48.4. The Bertz CT molecular complexity index is 3650. The molecule has 3 saturated heterocycles. The highest BCUT2D eigenvalue weighted by atomic mass is 16.5. The summed E-state index contributed by atoms with van der Waals surface area (Å²) in [6.07, 6.45) is 18.9. The molecular formula is C67H76N12O5. The van der Waals surface area contributed by atoms with Gasteiger partial charge in [-0.2, -0.15) is 0 Å². The first-order valence-electron chi connectivity index (χ1n) is 29.9. The molecule has 4 aromatic carbocycles. The smallest absolute Gasteiger partial charge is 0.246 e. The molecule has 5 fully saturated rings. The number of likely N-dealkylation sites (tertiary alicyclic amines) is 2. The highest BCUT2D eigenvalue weighted by Gasteiger charge is 2.40. The highest BCUT2D eigenvalue weighted by Crippen LogP contribution is 2.53. The maximum atomic E-state index is 13.2. The van der Waals surface area contributed by atoms with Crippen molar-refractivity contribution in [3.63, 3.8) is 0 Å². The fourth-order valence-corrected chi connectivity index (χ4v) is 12.5. The average Bonchev–Trinajstić information content (AvgIpc) is 1.85. The Morgan fingerprint density at radius 2 is 1.05 bits per heavy atom. The summed E-state index contributed by atoms with van der Waals surface area (Å²) in [6, 6.07) is 36.7. The van der Waals surface area contributed by atoms with Crippen molar-refractivity contribution >= 4 is 45.5 Å². The van der Waals surface area contributed by atoms with E-state index in [1.54, 1.807) is 24.8 Å². The van der Waals surface area contributed by atoms with Gasteiger partial charge in [-0.25, -0.2) is 19.9 Å². The summed E-state index contributed by atoms with van der Waals surface area (Å²) in [5.74, 6) is 5.13. The molecule has 7 heterocycles. The summed E-state index contributed by atoms with van der Waals surface area (Å²) in [4.78, 5) is 52.9. The third-order valence-electron chi connectivity index (χ3n) is 17.0. The third-order valence-corrected chi connectivity index (χ3v) is 17.0. The van der Waals surface area contributed by atoms with Crippen LogP contribution >= 0.6 is 0 Å². The summed E-state index contributed by atoms with van der Waals surface area (Å²) in [7, 11) is 4.17. The number of ether oxygens (including phenoxy) is 3. The van der Waals surface area contributed by atoms with Crippen molar-refractivity contribution in [2.24, 2.45) is 0 Å². The lowest BCUT2D eigenvalue weighted by Crippen LogP contribution is -2.32. The summed E-state index contributed by atoms with van der Waals surface area (Å²) in [5, 5.41) is 1.79. The van der Waals surface area contributed by atoms with E-state index in [1.807, 2.05) is 107 Å². The number of carbonyl (C=O) groups excluding carboxylic acids is 2. The number of nitrogens with zero attached hydrogens (tertiary/aromatic N) is 10. The molecule has 84 heavy (non-hydrogen) atoms. The molecule has 434 valence electrons. The summed E-state index contributed by atoms with van der Waals surface area (Å²) < 4.78 is 22.3. The number of carbonyl (C=O) groups is 2. The lowest BCUT2D eigenvalue weighted by Gasteiger charge is -2.21. The largest absolute Gasteiger partial charge is 0.457 e. The molecule has 17 heteroatoms. The van der Waals surface area contributed by atoms with Gasteiger partial charge < -0.3 is 49.5 Å². The van der Waals surface area contributed by atoms with E-state index in [2.05, 4.69) is 74.2 Å². The van der Waals surface area contributed by atoms with Crippen molar-refractivity contribution in [1.82, 2.24) is 48.7 Å². The molecule has 3 aliphatic heterocycles. The number of nitrogen functional groups attached to an aromatic ring is 2. The molecule has 2 amide bonds. The molecular weight excluding hydrogens is 1050 g/mol. The quantitative estimate of drug-likeness (QED) is 0.0729. The molecule has 4 aromatic heterocycles. The molecule has 2 aliphatic carbocycles. The van der Waals surface area contributed by atoms with E-state index in [0.717, 1.165) is 158 Å². The third kappa shape index (κ3) is 12.3. The topological polar surface area (TPSA) is 188 Å². The number of nitrogens with two attached hydrogens (primary N) is 2. The normalized spacial score (nSPS) is 18.9. The zero-order chi connectivity index (χ0) is 57.7. The van der Waals surface area contributed by atoms with E-state index in [9.17, 15) is 9.59 Å². The van der Waals surface area contributed by atoms with Gasteiger partial charge in [-0.3, -0.25) is 14.5 Å². The van der Waals surface area contributed by atoms with Gasteiger partial charge in [0.25, 0.3) is 0 Å². The van der Waals surface area contributed by atoms with Crippen molar-refractivity contribution in [3.8, 4) is 45.3 Å². The number of hydrogen-bond acceptors (Lipinski definition) is 13. The second-order valence-electron chi connectivity index (χ2n) is 23.1. The van der Waals surface area contributed by atoms with E-state index >= 15 is 0 Å². The van der Waals surface area contributed by atoms with Gasteiger partial charge in [0.2, 0.25) is 11.8 Å².